The van der Waals surface area contributed by atoms with Crippen LogP contribution in [0.15, 0.2) is 11.0 Å². The first-order valence-electron chi connectivity index (χ1n) is 6.24. The molecule has 0 aliphatic carbocycles. The van der Waals surface area contributed by atoms with Crippen molar-refractivity contribution in [3.05, 3.63) is 16.6 Å². The minimum absolute atomic E-state index is 0.0664. The number of aromatic nitrogens is 5. The highest BCUT2D eigenvalue weighted by Crippen LogP contribution is 2.03. The van der Waals surface area contributed by atoms with E-state index >= 15 is 0 Å². The Labute approximate surface area is 110 Å². The zero-order chi connectivity index (χ0) is 13.8. The first-order valence-corrected chi connectivity index (χ1v) is 6.24. The van der Waals surface area contributed by atoms with Crippen molar-refractivity contribution in [3.8, 4) is 0 Å². The smallest absolute Gasteiger partial charge is 0.280 e. The Balaban J connectivity index is 2.17. The number of nitrogens with two attached hydrogens (primary N) is 1. The largest absolute Gasteiger partial charge is 0.377 e. The lowest BCUT2D eigenvalue weighted by atomic mass is 10.2. The Morgan fingerprint density at radius 2 is 2.32 bits per heavy atom. The van der Waals surface area contributed by atoms with Crippen LogP contribution in [0.2, 0.25) is 0 Å². The molecule has 8 heteroatoms. The molecule has 19 heavy (non-hydrogen) atoms. The van der Waals surface area contributed by atoms with Crippen molar-refractivity contribution < 1.29 is 4.74 Å². The van der Waals surface area contributed by atoms with Crippen molar-refractivity contribution in [1.82, 2.24) is 24.8 Å². The van der Waals surface area contributed by atoms with Crippen LogP contribution >= 0.6 is 0 Å². The second-order valence-corrected chi connectivity index (χ2v) is 4.22. The van der Waals surface area contributed by atoms with Crippen LogP contribution in [0.1, 0.15) is 13.3 Å². The first-order chi connectivity index (χ1) is 9.17. The van der Waals surface area contributed by atoms with Gasteiger partial charge in [-0.05, 0) is 13.3 Å². The van der Waals surface area contributed by atoms with E-state index in [1.165, 1.54) is 15.6 Å². The summed E-state index contributed by atoms with van der Waals surface area (Å²) >= 11 is 0. The van der Waals surface area contributed by atoms with E-state index in [4.69, 9.17) is 10.5 Å². The second-order valence-electron chi connectivity index (χ2n) is 4.22. The molecule has 8 nitrogen and oxygen atoms in total. The summed E-state index contributed by atoms with van der Waals surface area (Å²) in [4.78, 5) is 12.1. The maximum Gasteiger partial charge on any atom is 0.280 e. The summed E-state index contributed by atoms with van der Waals surface area (Å²) in [5, 5.41) is 12.4. The number of hydrogen-bond acceptors (Lipinski definition) is 6. The van der Waals surface area contributed by atoms with Gasteiger partial charge in [0.25, 0.3) is 5.56 Å². The van der Waals surface area contributed by atoms with Gasteiger partial charge in [-0.25, -0.2) is 9.36 Å². The highest BCUT2D eigenvalue weighted by molar-refractivity contribution is 5.72. The van der Waals surface area contributed by atoms with Crippen LogP contribution < -0.4 is 11.3 Å². The molecule has 0 saturated carbocycles. The van der Waals surface area contributed by atoms with E-state index in [-0.39, 0.29) is 11.7 Å². The molecule has 2 aromatic rings. The van der Waals surface area contributed by atoms with Crippen LogP contribution in [-0.2, 0) is 18.3 Å². The van der Waals surface area contributed by atoms with E-state index in [9.17, 15) is 4.79 Å². The zero-order valence-corrected chi connectivity index (χ0v) is 11.1. The molecule has 104 valence electrons. The Hall–Kier alpha value is -1.80. The zero-order valence-electron chi connectivity index (χ0n) is 11.1. The van der Waals surface area contributed by atoms with Gasteiger partial charge >= 0.3 is 0 Å². The SMILES string of the molecule is CCOC(CN)CCn1nnc2c(cnn2C)c1=O. The summed E-state index contributed by atoms with van der Waals surface area (Å²) in [7, 11) is 1.72. The highest BCUT2D eigenvalue weighted by atomic mass is 16.5. The van der Waals surface area contributed by atoms with Crippen molar-refractivity contribution in [3.63, 3.8) is 0 Å². The molecule has 0 aromatic carbocycles. The molecule has 2 rings (SSSR count). The standard InChI is InChI=1S/C11H18N6O2/c1-3-19-8(6-12)4-5-17-11(18)9-7-13-16(2)10(9)14-15-17/h7-8H,3-6,12H2,1-2H3. The summed E-state index contributed by atoms with van der Waals surface area (Å²) in [5.41, 5.74) is 5.89. The van der Waals surface area contributed by atoms with Crippen LogP contribution in [0, 0.1) is 0 Å². The van der Waals surface area contributed by atoms with Crippen LogP contribution in [0.3, 0.4) is 0 Å². The lowest BCUT2D eigenvalue weighted by Gasteiger charge is -2.14. The molecule has 0 radical (unpaired) electrons. The Morgan fingerprint density at radius 3 is 3.00 bits per heavy atom. The van der Waals surface area contributed by atoms with E-state index in [1.807, 2.05) is 6.92 Å². The van der Waals surface area contributed by atoms with Gasteiger partial charge < -0.3 is 10.5 Å². The summed E-state index contributed by atoms with van der Waals surface area (Å²) in [6.07, 6.45) is 2.07. The Bertz CT molecular complexity index is 605. The van der Waals surface area contributed by atoms with Crippen LogP contribution in [0.5, 0.6) is 0 Å². The fourth-order valence-corrected chi connectivity index (χ4v) is 1.89. The molecular formula is C11H18N6O2. The number of aryl methyl sites for hydroxylation is 2. The van der Waals surface area contributed by atoms with Gasteiger partial charge in [-0.2, -0.15) is 5.10 Å². The van der Waals surface area contributed by atoms with Crippen molar-refractivity contribution in [2.45, 2.75) is 26.0 Å². The summed E-state index contributed by atoms with van der Waals surface area (Å²) in [6, 6.07) is 0. The topological polar surface area (TPSA) is 101 Å². The summed E-state index contributed by atoms with van der Waals surface area (Å²) < 4.78 is 8.29. The lowest BCUT2D eigenvalue weighted by Crippen LogP contribution is -2.30. The van der Waals surface area contributed by atoms with E-state index < -0.39 is 0 Å². The molecule has 0 saturated heterocycles. The third kappa shape index (κ3) is 2.79. The first kappa shape index (κ1) is 13.6. The van der Waals surface area contributed by atoms with Gasteiger partial charge in [0, 0.05) is 26.7 Å². The molecule has 1 atom stereocenters. The van der Waals surface area contributed by atoms with E-state index in [1.54, 1.807) is 7.05 Å². The average Bonchev–Trinajstić information content (AvgIpc) is 2.79. The molecule has 1 unspecified atom stereocenters. The summed E-state index contributed by atoms with van der Waals surface area (Å²) in [6.45, 7) is 3.37. The van der Waals surface area contributed by atoms with Crippen molar-refractivity contribution in [2.75, 3.05) is 13.2 Å². The third-order valence-electron chi connectivity index (χ3n) is 2.95. The quantitative estimate of drug-likeness (QED) is 0.740. The molecule has 0 aliphatic heterocycles. The lowest BCUT2D eigenvalue weighted by molar-refractivity contribution is 0.0587. The second kappa shape index (κ2) is 5.89. The fraction of sp³-hybridized carbons (Fsp3) is 0.636. The molecule has 0 amide bonds. The van der Waals surface area contributed by atoms with Gasteiger partial charge in [0.2, 0.25) is 0 Å². The molecule has 0 bridgehead atoms. The minimum atomic E-state index is -0.189. The van der Waals surface area contributed by atoms with Crippen LogP contribution in [-0.4, -0.2) is 44.0 Å². The average molecular weight is 266 g/mol. The third-order valence-corrected chi connectivity index (χ3v) is 2.95. The molecule has 0 aliphatic rings. The molecular weight excluding hydrogens is 248 g/mol. The minimum Gasteiger partial charge on any atom is -0.377 e. The predicted molar refractivity (Wildman–Crippen MR) is 69.6 cm³/mol. The molecule has 0 spiro atoms. The number of rotatable bonds is 6. The van der Waals surface area contributed by atoms with Gasteiger partial charge in [-0.3, -0.25) is 4.79 Å². The Morgan fingerprint density at radius 1 is 1.53 bits per heavy atom. The normalized spacial score (nSPS) is 13.0. The van der Waals surface area contributed by atoms with Gasteiger partial charge in [-0.15, -0.1) is 5.10 Å². The van der Waals surface area contributed by atoms with E-state index in [2.05, 4.69) is 15.4 Å². The highest BCUT2D eigenvalue weighted by Gasteiger charge is 2.11. The maximum atomic E-state index is 12.1. The monoisotopic (exact) mass is 266 g/mol. The fourth-order valence-electron chi connectivity index (χ4n) is 1.89. The molecule has 0 fully saturated rings. The molecule has 2 aromatic heterocycles. The predicted octanol–water partition coefficient (Wildman–Crippen LogP) is -0.721. The van der Waals surface area contributed by atoms with Crippen molar-refractivity contribution >= 4 is 11.0 Å². The van der Waals surface area contributed by atoms with Crippen molar-refractivity contribution in [2.24, 2.45) is 12.8 Å². The maximum absolute atomic E-state index is 12.1. The number of ether oxygens (including phenoxy) is 1. The Kier molecular flexibility index (Phi) is 4.23. The van der Waals surface area contributed by atoms with Gasteiger partial charge in [0.05, 0.1) is 12.3 Å². The van der Waals surface area contributed by atoms with E-state index in [0.29, 0.717) is 37.2 Å². The van der Waals surface area contributed by atoms with Crippen LogP contribution in [0.4, 0.5) is 0 Å². The van der Waals surface area contributed by atoms with Gasteiger partial charge in [0.15, 0.2) is 5.65 Å². The van der Waals surface area contributed by atoms with Gasteiger partial charge in [-0.1, -0.05) is 5.21 Å². The summed E-state index contributed by atoms with van der Waals surface area (Å²) in [5.74, 6) is 0. The van der Waals surface area contributed by atoms with Crippen LogP contribution in [0.25, 0.3) is 11.0 Å². The van der Waals surface area contributed by atoms with Crippen molar-refractivity contribution in [1.29, 1.82) is 0 Å². The molecule has 2 heterocycles. The van der Waals surface area contributed by atoms with Gasteiger partial charge in [0.1, 0.15) is 5.39 Å². The number of hydrogen-bond donors (Lipinski definition) is 1. The number of fused-ring (bicyclic) bond motifs is 1. The molecule has 2 N–H and O–H groups in total. The number of nitrogens with zero attached hydrogens (tertiary/aromatic N) is 5. The van der Waals surface area contributed by atoms with E-state index in [0.717, 1.165) is 0 Å².